The summed E-state index contributed by atoms with van der Waals surface area (Å²) in [5.74, 6) is 0.565. The van der Waals surface area contributed by atoms with Crippen LogP contribution in [0, 0.1) is 0 Å². The van der Waals surface area contributed by atoms with E-state index >= 15 is 0 Å². The Morgan fingerprint density at radius 2 is 2.14 bits per heavy atom. The standard InChI is InChI=1S/C14H16N4O2S/c1-3-6-17-12(20)10-7-9(8-19)4-5-11(10)18-13(17)15-16-14(18)21-2/h4-5,7,19H,3,6,8H2,1-2H3. The molecule has 6 nitrogen and oxygen atoms in total. The van der Waals surface area contributed by atoms with Crippen LogP contribution in [-0.2, 0) is 13.2 Å². The third-order valence-electron chi connectivity index (χ3n) is 3.45. The molecule has 3 aromatic rings. The van der Waals surface area contributed by atoms with Crippen LogP contribution in [0.5, 0.6) is 0 Å². The van der Waals surface area contributed by atoms with Crippen molar-refractivity contribution in [2.24, 2.45) is 0 Å². The second-order valence-corrected chi connectivity index (χ2v) is 5.56. The summed E-state index contributed by atoms with van der Waals surface area (Å²) in [6.07, 6.45) is 2.77. The van der Waals surface area contributed by atoms with Crippen LogP contribution in [-0.4, -0.2) is 30.5 Å². The maximum absolute atomic E-state index is 12.7. The summed E-state index contributed by atoms with van der Waals surface area (Å²) >= 11 is 1.49. The normalized spacial score (nSPS) is 11.6. The highest BCUT2D eigenvalue weighted by Crippen LogP contribution is 2.20. The van der Waals surface area contributed by atoms with Gasteiger partial charge in [-0.05, 0) is 30.4 Å². The lowest BCUT2D eigenvalue weighted by molar-refractivity contribution is 0.282. The SMILES string of the molecule is CCCn1c(=O)c2cc(CO)ccc2n2c(SC)nnc12. The van der Waals surface area contributed by atoms with Gasteiger partial charge in [0.05, 0.1) is 17.5 Å². The van der Waals surface area contributed by atoms with Gasteiger partial charge in [-0.1, -0.05) is 24.8 Å². The third kappa shape index (κ3) is 2.13. The number of hydrogen-bond acceptors (Lipinski definition) is 5. The van der Waals surface area contributed by atoms with Gasteiger partial charge in [-0.25, -0.2) is 0 Å². The number of aliphatic hydroxyl groups excluding tert-OH is 1. The lowest BCUT2D eigenvalue weighted by atomic mass is 10.1. The molecule has 0 unspecified atom stereocenters. The van der Waals surface area contributed by atoms with Gasteiger partial charge < -0.3 is 5.11 Å². The quantitative estimate of drug-likeness (QED) is 0.742. The minimum atomic E-state index is -0.0882. The molecule has 7 heteroatoms. The van der Waals surface area contributed by atoms with E-state index in [-0.39, 0.29) is 12.2 Å². The molecule has 0 saturated carbocycles. The maximum Gasteiger partial charge on any atom is 0.262 e. The molecule has 0 spiro atoms. The van der Waals surface area contributed by atoms with Crippen LogP contribution >= 0.6 is 11.8 Å². The Balaban J connectivity index is 2.51. The molecule has 0 bridgehead atoms. The summed E-state index contributed by atoms with van der Waals surface area (Å²) < 4.78 is 3.55. The van der Waals surface area contributed by atoms with Crippen molar-refractivity contribution in [2.45, 2.75) is 31.7 Å². The Morgan fingerprint density at radius 3 is 2.81 bits per heavy atom. The van der Waals surface area contributed by atoms with E-state index in [0.29, 0.717) is 17.7 Å². The van der Waals surface area contributed by atoms with Gasteiger partial charge in [0.1, 0.15) is 0 Å². The highest BCUT2D eigenvalue weighted by molar-refractivity contribution is 7.98. The molecule has 21 heavy (non-hydrogen) atoms. The second kappa shape index (κ2) is 5.50. The molecule has 0 saturated heterocycles. The van der Waals surface area contributed by atoms with E-state index in [1.165, 1.54) is 11.8 Å². The van der Waals surface area contributed by atoms with E-state index in [1.54, 1.807) is 10.6 Å². The fourth-order valence-corrected chi connectivity index (χ4v) is 2.97. The molecular formula is C14H16N4O2S. The Hall–Kier alpha value is -1.86. The zero-order valence-corrected chi connectivity index (χ0v) is 12.7. The maximum atomic E-state index is 12.7. The van der Waals surface area contributed by atoms with Crippen LogP contribution in [0.4, 0.5) is 0 Å². The van der Waals surface area contributed by atoms with E-state index in [1.807, 2.05) is 29.7 Å². The first kappa shape index (κ1) is 14.1. The van der Waals surface area contributed by atoms with E-state index < -0.39 is 0 Å². The second-order valence-electron chi connectivity index (χ2n) is 4.79. The van der Waals surface area contributed by atoms with E-state index in [4.69, 9.17) is 0 Å². The molecule has 0 aliphatic rings. The number of fused-ring (bicyclic) bond motifs is 3. The van der Waals surface area contributed by atoms with Crippen molar-refractivity contribution in [2.75, 3.05) is 6.26 Å². The van der Waals surface area contributed by atoms with Gasteiger partial charge >= 0.3 is 0 Å². The number of thioether (sulfide) groups is 1. The predicted molar refractivity (Wildman–Crippen MR) is 82.7 cm³/mol. The summed E-state index contributed by atoms with van der Waals surface area (Å²) in [4.78, 5) is 12.7. The molecule has 0 amide bonds. The molecule has 0 atom stereocenters. The van der Waals surface area contributed by atoms with Crippen molar-refractivity contribution >= 4 is 28.4 Å². The monoisotopic (exact) mass is 304 g/mol. The van der Waals surface area contributed by atoms with Crippen molar-refractivity contribution in [3.8, 4) is 0 Å². The lowest BCUT2D eigenvalue weighted by Gasteiger charge is -2.10. The molecule has 0 radical (unpaired) electrons. The van der Waals surface area contributed by atoms with Crippen LogP contribution < -0.4 is 5.56 Å². The molecule has 2 aromatic heterocycles. The average molecular weight is 304 g/mol. The molecule has 0 aliphatic heterocycles. The van der Waals surface area contributed by atoms with Crippen LogP contribution in [0.1, 0.15) is 18.9 Å². The number of benzene rings is 1. The Morgan fingerprint density at radius 1 is 1.33 bits per heavy atom. The topological polar surface area (TPSA) is 72.4 Å². The van der Waals surface area contributed by atoms with Gasteiger partial charge in [0.2, 0.25) is 5.78 Å². The zero-order chi connectivity index (χ0) is 15.0. The van der Waals surface area contributed by atoms with E-state index in [0.717, 1.165) is 22.7 Å². The summed E-state index contributed by atoms with van der Waals surface area (Å²) in [7, 11) is 0. The molecule has 3 rings (SSSR count). The van der Waals surface area contributed by atoms with Gasteiger partial charge in [-0.2, -0.15) is 0 Å². The zero-order valence-electron chi connectivity index (χ0n) is 11.9. The molecule has 0 aliphatic carbocycles. The van der Waals surface area contributed by atoms with E-state index in [9.17, 15) is 9.90 Å². The van der Waals surface area contributed by atoms with Crippen molar-refractivity contribution in [1.29, 1.82) is 0 Å². The van der Waals surface area contributed by atoms with Gasteiger partial charge in [0, 0.05) is 6.54 Å². The molecule has 110 valence electrons. The summed E-state index contributed by atoms with van der Waals surface area (Å²) in [6.45, 7) is 2.52. The van der Waals surface area contributed by atoms with Crippen molar-refractivity contribution in [1.82, 2.24) is 19.2 Å². The number of hydrogen-bond donors (Lipinski definition) is 1. The highest BCUT2D eigenvalue weighted by atomic mass is 32.2. The predicted octanol–water partition coefficient (Wildman–Crippen LogP) is 1.67. The summed E-state index contributed by atoms with van der Waals surface area (Å²) in [6, 6.07) is 5.40. The Labute approximate surface area is 125 Å². The summed E-state index contributed by atoms with van der Waals surface area (Å²) in [5.41, 5.74) is 1.41. The molecule has 1 N–H and O–H groups in total. The average Bonchev–Trinajstić information content (AvgIpc) is 2.94. The van der Waals surface area contributed by atoms with Gasteiger partial charge in [-0.15, -0.1) is 10.2 Å². The third-order valence-corrected chi connectivity index (χ3v) is 4.08. The van der Waals surface area contributed by atoms with Gasteiger partial charge in [-0.3, -0.25) is 13.8 Å². The minimum absolute atomic E-state index is 0.0846. The largest absolute Gasteiger partial charge is 0.392 e. The first-order valence-electron chi connectivity index (χ1n) is 6.76. The summed E-state index contributed by atoms with van der Waals surface area (Å²) in [5, 5.41) is 18.9. The number of aliphatic hydroxyl groups is 1. The molecular weight excluding hydrogens is 288 g/mol. The first-order valence-corrected chi connectivity index (χ1v) is 7.99. The Kier molecular flexibility index (Phi) is 3.69. The number of aryl methyl sites for hydroxylation is 1. The fraction of sp³-hybridized carbons (Fsp3) is 0.357. The number of aromatic nitrogens is 4. The van der Waals surface area contributed by atoms with Crippen LogP contribution in [0.2, 0.25) is 0 Å². The molecule has 2 heterocycles. The molecule has 0 fully saturated rings. The number of nitrogens with zero attached hydrogens (tertiary/aromatic N) is 4. The van der Waals surface area contributed by atoms with Crippen molar-refractivity contribution in [3.63, 3.8) is 0 Å². The smallest absolute Gasteiger partial charge is 0.262 e. The van der Waals surface area contributed by atoms with Crippen LogP contribution in [0.25, 0.3) is 16.7 Å². The lowest BCUT2D eigenvalue weighted by Crippen LogP contribution is -2.23. The first-order chi connectivity index (χ1) is 10.2. The fourth-order valence-electron chi connectivity index (χ4n) is 2.49. The van der Waals surface area contributed by atoms with Crippen LogP contribution in [0.3, 0.4) is 0 Å². The Bertz CT molecular complexity index is 869. The molecule has 1 aromatic carbocycles. The van der Waals surface area contributed by atoms with Gasteiger partial charge in [0.25, 0.3) is 5.56 Å². The van der Waals surface area contributed by atoms with Crippen LogP contribution in [0.15, 0.2) is 28.2 Å². The van der Waals surface area contributed by atoms with Crippen molar-refractivity contribution in [3.05, 3.63) is 34.1 Å². The highest BCUT2D eigenvalue weighted by Gasteiger charge is 2.15. The van der Waals surface area contributed by atoms with E-state index in [2.05, 4.69) is 10.2 Å². The van der Waals surface area contributed by atoms with Crippen molar-refractivity contribution < 1.29 is 5.11 Å². The minimum Gasteiger partial charge on any atom is -0.392 e. The van der Waals surface area contributed by atoms with Gasteiger partial charge in [0.15, 0.2) is 5.16 Å². The number of rotatable bonds is 4.